The van der Waals surface area contributed by atoms with Gasteiger partial charge in [0.25, 0.3) is 0 Å². The maximum Gasteiger partial charge on any atom is 0.158 e. The van der Waals surface area contributed by atoms with E-state index < -0.39 is 0 Å². The SMILES string of the molecule is C=CC1(C)c2ccccc2N2c3ncccc3N(c3ccccc3-c3ccccc3)C2C1(C)C. The lowest BCUT2D eigenvalue weighted by molar-refractivity contribution is 0.171. The Labute approximate surface area is 202 Å². The summed E-state index contributed by atoms with van der Waals surface area (Å²) in [6, 6.07) is 32.4. The van der Waals surface area contributed by atoms with Gasteiger partial charge in [0.05, 0.1) is 11.4 Å². The Hall–Kier alpha value is -3.85. The average Bonchev–Trinajstić information content (AvgIpc) is 3.24. The molecule has 0 aliphatic carbocycles. The third kappa shape index (κ3) is 2.61. The molecule has 0 saturated heterocycles. The summed E-state index contributed by atoms with van der Waals surface area (Å²) in [5.74, 6) is 1.00. The average molecular weight is 444 g/mol. The fourth-order valence-electron chi connectivity index (χ4n) is 5.93. The predicted molar refractivity (Wildman–Crippen MR) is 142 cm³/mol. The first-order valence-electron chi connectivity index (χ1n) is 11.9. The van der Waals surface area contributed by atoms with Gasteiger partial charge in [0.15, 0.2) is 5.82 Å². The number of rotatable bonds is 3. The minimum atomic E-state index is -0.229. The van der Waals surface area contributed by atoms with Crippen molar-refractivity contribution < 1.29 is 0 Å². The van der Waals surface area contributed by atoms with Crippen molar-refractivity contribution in [2.45, 2.75) is 32.4 Å². The Bertz CT molecular complexity index is 1390. The number of hydrogen-bond acceptors (Lipinski definition) is 3. The molecule has 2 aliphatic rings. The van der Waals surface area contributed by atoms with Crippen LogP contribution >= 0.6 is 0 Å². The summed E-state index contributed by atoms with van der Waals surface area (Å²) in [5.41, 5.74) is 6.83. The maximum absolute atomic E-state index is 4.92. The molecule has 3 heteroatoms. The van der Waals surface area contributed by atoms with Crippen LogP contribution in [0.1, 0.15) is 26.3 Å². The molecule has 0 saturated carbocycles. The number of aromatic nitrogens is 1. The summed E-state index contributed by atoms with van der Waals surface area (Å²) in [5, 5.41) is 0. The Morgan fingerprint density at radius 1 is 0.735 bits per heavy atom. The van der Waals surface area contributed by atoms with Crippen molar-refractivity contribution in [2.24, 2.45) is 5.41 Å². The fraction of sp³-hybridized carbons (Fsp3) is 0.194. The Kier molecular flexibility index (Phi) is 4.47. The number of benzene rings is 3. The minimum absolute atomic E-state index is 0.0279. The number of para-hydroxylation sites is 2. The second kappa shape index (κ2) is 7.33. The van der Waals surface area contributed by atoms with Gasteiger partial charge in [-0.05, 0) is 35.4 Å². The first-order chi connectivity index (χ1) is 16.5. The van der Waals surface area contributed by atoms with Gasteiger partial charge in [0.1, 0.15) is 6.17 Å². The van der Waals surface area contributed by atoms with E-state index in [1.54, 1.807) is 0 Å². The van der Waals surface area contributed by atoms with Crippen molar-refractivity contribution >= 4 is 22.9 Å². The normalized spacial score (nSPS) is 22.0. The van der Waals surface area contributed by atoms with Crippen LogP contribution in [0, 0.1) is 5.41 Å². The van der Waals surface area contributed by atoms with E-state index in [4.69, 9.17) is 4.98 Å². The van der Waals surface area contributed by atoms with E-state index >= 15 is 0 Å². The van der Waals surface area contributed by atoms with Gasteiger partial charge in [0, 0.05) is 28.3 Å². The van der Waals surface area contributed by atoms with E-state index in [0.29, 0.717) is 0 Å². The van der Waals surface area contributed by atoms with E-state index in [1.165, 1.54) is 28.1 Å². The molecule has 0 fully saturated rings. The summed E-state index contributed by atoms with van der Waals surface area (Å²) < 4.78 is 0. The summed E-state index contributed by atoms with van der Waals surface area (Å²) in [7, 11) is 0. The van der Waals surface area contributed by atoms with Crippen LogP contribution in [0.15, 0.2) is 110 Å². The molecule has 0 amide bonds. The molecule has 0 N–H and O–H groups in total. The Morgan fingerprint density at radius 3 is 2.15 bits per heavy atom. The quantitative estimate of drug-likeness (QED) is 0.301. The molecule has 2 aliphatic heterocycles. The van der Waals surface area contributed by atoms with Crippen LogP contribution in [0.5, 0.6) is 0 Å². The standard InChI is InChI=1S/C31H29N3/c1-5-31(4)24-17-10-12-19-26(24)34-28-27(20-13-21-32-28)33(29(34)30(31,2)3)25-18-11-9-16-23(25)22-14-7-6-8-15-22/h5-21,29H,1H2,2-4H3. The molecule has 2 unspecified atom stereocenters. The van der Waals surface area contributed by atoms with E-state index in [-0.39, 0.29) is 17.0 Å². The highest BCUT2D eigenvalue weighted by Crippen LogP contribution is 2.62. The molecule has 0 bridgehead atoms. The monoisotopic (exact) mass is 443 g/mol. The summed E-state index contributed by atoms with van der Waals surface area (Å²) in [6.45, 7) is 11.4. The van der Waals surface area contributed by atoms with E-state index in [9.17, 15) is 0 Å². The second-order valence-corrected chi connectivity index (χ2v) is 9.99. The Morgan fingerprint density at radius 2 is 1.38 bits per heavy atom. The topological polar surface area (TPSA) is 19.4 Å². The predicted octanol–water partition coefficient (Wildman–Crippen LogP) is 7.85. The lowest BCUT2D eigenvalue weighted by atomic mass is 9.58. The molecule has 4 aromatic rings. The largest absolute Gasteiger partial charge is 0.316 e. The summed E-state index contributed by atoms with van der Waals surface area (Å²) in [4.78, 5) is 9.86. The van der Waals surface area contributed by atoms with Crippen LogP contribution in [0.3, 0.4) is 0 Å². The van der Waals surface area contributed by atoms with Crippen molar-refractivity contribution in [1.82, 2.24) is 4.98 Å². The minimum Gasteiger partial charge on any atom is -0.316 e. The van der Waals surface area contributed by atoms with Crippen LogP contribution in [-0.2, 0) is 5.41 Å². The number of hydrogen-bond donors (Lipinski definition) is 0. The van der Waals surface area contributed by atoms with Crippen LogP contribution in [-0.4, -0.2) is 11.1 Å². The van der Waals surface area contributed by atoms with Crippen molar-refractivity contribution in [3.63, 3.8) is 0 Å². The molecule has 34 heavy (non-hydrogen) atoms. The number of nitrogens with zero attached hydrogens (tertiary/aromatic N) is 3. The van der Waals surface area contributed by atoms with Crippen molar-refractivity contribution in [3.8, 4) is 11.1 Å². The van der Waals surface area contributed by atoms with Gasteiger partial charge < -0.3 is 9.80 Å². The highest BCUT2D eigenvalue weighted by Gasteiger charge is 2.59. The van der Waals surface area contributed by atoms with E-state index in [1.807, 2.05) is 12.3 Å². The molecule has 3 heterocycles. The zero-order valence-electron chi connectivity index (χ0n) is 19.9. The molecular weight excluding hydrogens is 414 g/mol. The molecule has 0 radical (unpaired) electrons. The van der Waals surface area contributed by atoms with Crippen molar-refractivity contribution in [1.29, 1.82) is 0 Å². The summed E-state index contributed by atoms with van der Waals surface area (Å²) in [6.07, 6.45) is 4.07. The van der Waals surface area contributed by atoms with Crippen LogP contribution in [0.2, 0.25) is 0 Å². The lowest BCUT2D eigenvalue weighted by Crippen LogP contribution is -2.60. The van der Waals surface area contributed by atoms with Gasteiger partial charge in [0.2, 0.25) is 0 Å². The molecule has 6 rings (SSSR count). The zero-order chi connectivity index (χ0) is 23.5. The third-order valence-corrected chi connectivity index (χ3v) is 8.11. The highest BCUT2D eigenvalue weighted by molar-refractivity contribution is 5.93. The first-order valence-corrected chi connectivity index (χ1v) is 11.9. The van der Waals surface area contributed by atoms with Gasteiger partial charge in [-0.25, -0.2) is 4.98 Å². The van der Waals surface area contributed by atoms with Gasteiger partial charge in [-0.3, -0.25) is 0 Å². The van der Waals surface area contributed by atoms with Gasteiger partial charge in [-0.2, -0.15) is 0 Å². The molecular formula is C31H29N3. The number of fused-ring (bicyclic) bond motifs is 5. The number of anilines is 4. The zero-order valence-corrected chi connectivity index (χ0v) is 19.9. The lowest BCUT2D eigenvalue weighted by Gasteiger charge is -2.56. The van der Waals surface area contributed by atoms with Gasteiger partial charge in [-0.1, -0.05) is 93.6 Å². The highest BCUT2D eigenvalue weighted by atomic mass is 15.5. The molecule has 0 spiro atoms. The van der Waals surface area contributed by atoms with Crippen LogP contribution in [0.4, 0.5) is 22.9 Å². The van der Waals surface area contributed by atoms with Crippen molar-refractivity contribution in [2.75, 3.05) is 9.80 Å². The van der Waals surface area contributed by atoms with Gasteiger partial charge >= 0.3 is 0 Å². The summed E-state index contributed by atoms with van der Waals surface area (Å²) >= 11 is 0. The smallest absolute Gasteiger partial charge is 0.158 e. The molecule has 2 atom stereocenters. The van der Waals surface area contributed by atoms with Crippen LogP contribution in [0.25, 0.3) is 11.1 Å². The molecule has 168 valence electrons. The number of pyridine rings is 1. The molecule has 3 aromatic carbocycles. The van der Waals surface area contributed by atoms with Crippen molar-refractivity contribution in [3.05, 3.63) is 115 Å². The first kappa shape index (κ1) is 20.7. The maximum atomic E-state index is 4.92. The van der Waals surface area contributed by atoms with E-state index in [2.05, 4.69) is 128 Å². The molecule has 3 nitrogen and oxygen atoms in total. The Balaban J connectivity index is 1.67. The van der Waals surface area contributed by atoms with Gasteiger partial charge in [-0.15, -0.1) is 6.58 Å². The molecule has 1 aromatic heterocycles. The second-order valence-electron chi connectivity index (χ2n) is 9.99. The van der Waals surface area contributed by atoms with E-state index in [0.717, 1.165) is 11.5 Å². The fourth-order valence-corrected chi connectivity index (χ4v) is 5.93. The van der Waals surface area contributed by atoms with Crippen LogP contribution < -0.4 is 9.80 Å². The number of allylic oxidation sites excluding steroid dienone is 1. The third-order valence-electron chi connectivity index (χ3n) is 8.11.